The Bertz CT molecular complexity index is 831. The lowest BCUT2D eigenvalue weighted by molar-refractivity contribution is -0.0350. The molecule has 4 aliphatic carbocycles. The molecule has 4 fully saturated rings. The Morgan fingerprint density at radius 2 is 1.76 bits per heavy atom. The van der Waals surface area contributed by atoms with Crippen LogP contribution in [0, 0.1) is 23.2 Å². The van der Waals surface area contributed by atoms with Crippen LogP contribution in [0.4, 0.5) is 5.69 Å². The van der Waals surface area contributed by atoms with E-state index in [1.54, 1.807) is 0 Å². The van der Waals surface area contributed by atoms with E-state index in [2.05, 4.69) is 26.0 Å². The lowest BCUT2D eigenvalue weighted by Gasteiger charge is -2.55. The van der Waals surface area contributed by atoms with E-state index >= 15 is 0 Å². The molecule has 0 amide bonds. The van der Waals surface area contributed by atoms with Crippen LogP contribution < -0.4 is 5.73 Å². The largest absolute Gasteiger partial charge is 0.397 e. The molecule has 0 unspecified atom stereocenters. The van der Waals surface area contributed by atoms with Gasteiger partial charge < -0.3 is 5.73 Å². The molecule has 4 aliphatic rings. The number of carbonyl (C=O) groups excluding carboxylic acids is 1. The summed E-state index contributed by atoms with van der Waals surface area (Å²) in [7, 11) is 0. The maximum absolute atomic E-state index is 13.6. The number of hydrogen-bond acceptors (Lipinski definition) is 4. The summed E-state index contributed by atoms with van der Waals surface area (Å²) < 4.78 is 0. The number of nitrogens with zero attached hydrogens (tertiary/aromatic N) is 1. The molecule has 4 saturated carbocycles. The number of ketones is 1. The molecule has 2 aromatic rings. The van der Waals surface area contributed by atoms with Crippen LogP contribution in [0.15, 0.2) is 12.1 Å². The Labute approximate surface area is 153 Å². The number of anilines is 1. The van der Waals surface area contributed by atoms with Gasteiger partial charge in [-0.2, -0.15) is 0 Å². The number of rotatable bonds is 3. The van der Waals surface area contributed by atoms with Crippen LogP contribution in [0.3, 0.4) is 0 Å². The highest BCUT2D eigenvalue weighted by Gasteiger charge is 2.55. The minimum absolute atomic E-state index is 0.120. The van der Waals surface area contributed by atoms with Gasteiger partial charge in [0.1, 0.15) is 4.83 Å². The van der Waals surface area contributed by atoms with Crippen molar-refractivity contribution in [1.82, 2.24) is 4.98 Å². The van der Waals surface area contributed by atoms with Crippen LogP contribution >= 0.6 is 11.3 Å². The van der Waals surface area contributed by atoms with Gasteiger partial charge in [-0.15, -0.1) is 11.3 Å². The predicted octanol–water partition coefficient (Wildman–Crippen LogP) is 5.40. The summed E-state index contributed by atoms with van der Waals surface area (Å²) in [5.41, 5.74) is 8.06. The van der Waals surface area contributed by atoms with Crippen molar-refractivity contribution in [3.05, 3.63) is 22.7 Å². The maximum Gasteiger partial charge on any atom is 0.181 e. The highest BCUT2D eigenvalue weighted by Crippen LogP contribution is 2.61. The zero-order chi connectivity index (χ0) is 17.3. The van der Waals surface area contributed by atoms with E-state index in [9.17, 15) is 4.79 Å². The molecule has 0 atom stereocenters. The van der Waals surface area contributed by atoms with Gasteiger partial charge in [-0.1, -0.05) is 13.8 Å². The topological polar surface area (TPSA) is 56.0 Å². The van der Waals surface area contributed by atoms with Crippen LogP contribution in [0.1, 0.15) is 73.7 Å². The molecule has 4 heteroatoms. The fraction of sp³-hybridized carbons (Fsp3) is 0.619. The molecule has 0 spiro atoms. The first-order valence-electron chi connectivity index (χ1n) is 9.69. The summed E-state index contributed by atoms with van der Waals surface area (Å²) in [5.74, 6) is 3.04. The fourth-order valence-corrected chi connectivity index (χ4v) is 7.29. The summed E-state index contributed by atoms with van der Waals surface area (Å²) in [5, 5.41) is 0.961. The van der Waals surface area contributed by atoms with Gasteiger partial charge in [-0.3, -0.25) is 4.79 Å². The van der Waals surface area contributed by atoms with Gasteiger partial charge in [-0.05, 0) is 74.3 Å². The Morgan fingerprint density at radius 1 is 1.16 bits per heavy atom. The molecule has 0 saturated heterocycles. The third kappa shape index (κ3) is 2.29. The van der Waals surface area contributed by atoms with Crippen molar-refractivity contribution >= 4 is 33.0 Å². The van der Waals surface area contributed by atoms with Crippen LogP contribution in [0.2, 0.25) is 0 Å². The molecule has 2 heterocycles. The number of Topliss-reactive ketones (excluding diaryl/α,β-unsaturated/α-hetero) is 1. The normalized spacial score (nSPS) is 33.5. The number of pyridine rings is 1. The quantitative estimate of drug-likeness (QED) is 0.751. The van der Waals surface area contributed by atoms with Gasteiger partial charge in [0, 0.05) is 16.5 Å². The Morgan fingerprint density at radius 3 is 2.32 bits per heavy atom. The molecule has 0 aliphatic heterocycles. The predicted molar refractivity (Wildman–Crippen MR) is 103 cm³/mol. The van der Waals surface area contributed by atoms with Gasteiger partial charge in [-0.25, -0.2) is 4.98 Å². The molecular weight excluding hydrogens is 328 g/mol. The molecule has 0 radical (unpaired) electrons. The van der Waals surface area contributed by atoms with Crippen molar-refractivity contribution in [1.29, 1.82) is 0 Å². The first-order valence-corrected chi connectivity index (χ1v) is 10.5. The number of hydrogen-bond donors (Lipinski definition) is 1. The lowest BCUT2D eigenvalue weighted by atomic mass is 9.48. The van der Waals surface area contributed by atoms with E-state index in [4.69, 9.17) is 10.7 Å². The highest BCUT2D eigenvalue weighted by molar-refractivity contribution is 7.21. The number of thiophene rings is 1. The summed E-state index contributed by atoms with van der Waals surface area (Å²) in [6.45, 7) is 4.29. The van der Waals surface area contributed by atoms with E-state index in [0.717, 1.165) is 57.8 Å². The van der Waals surface area contributed by atoms with E-state index in [0.29, 0.717) is 17.4 Å². The number of nitrogen functional groups attached to an aromatic ring is 1. The van der Waals surface area contributed by atoms with Crippen molar-refractivity contribution in [2.45, 2.75) is 58.3 Å². The van der Waals surface area contributed by atoms with Gasteiger partial charge in [0.2, 0.25) is 0 Å². The molecule has 0 aromatic carbocycles. The van der Waals surface area contributed by atoms with Crippen molar-refractivity contribution in [3.63, 3.8) is 0 Å². The number of fused-ring (bicyclic) bond motifs is 1. The monoisotopic (exact) mass is 354 g/mol. The number of carbonyl (C=O) groups is 1. The minimum Gasteiger partial charge on any atom is -0.397 e. The van der Waals surface area contributed by atoms with Crippen molar-refractivity contribution in [2.75, 3.05) is 5.73 Å². The molecule has 4 bridgehead atoms. The van der Waals surface area contributed by atoms with Gasteiger partial charge in [0.05, 0.1) is 10.6 Å². The molecule has 25 heavy (non-hydrogen) atoms. The second-order valence-corrected chi connectivity index (χ2v) is 10.1. The lowest BCUT2D eigenvalue weighted by Crippen LogP contribution is -2.49. The Hall–Kier alpha value is -1.42. The van der Waals surface area contributed by atoms with Crippen molar-refractivity contribution in [3.8, 4) is 0 Å². The Kier molecular flexibility index (Phi) is 3.35. The van der Waals surface area contributed by atoms with E-state index in [1.807, 2.05) is 0 Å². The smallest absolute Gasteiger partial charge is 0.181 e. The molecular formula is C21H26N2OS. The van der Waals surface area contributed by atoms with Crippen LogP contribution in [-0.4, -0.2) is 10.8 Å². The van der Waals surface area contributed by atoms with Crippen molar-refractivity contribution < 1.29 is 4.79 Å². The van der Waals surface area contributed by atoms with Gasteiger partial charge >= 0.3 is 0 Å². The highest BCUT2D eigenvalue weighted by atomic mass is 32.1. The standard InChI is InChI=1S/C21H26N2OS/c1-11(2)16-4-3-15-17(22)18(25-20(15)23-16)19(24)21-8-12-5-13(9-21)7-14(6-12)10-21/h3-4,11-14H,5-10,22H2,1-2H3. The van der Waals surface area contributed by atoms with Gasteiger partial charge in [0.25, 0.3) is 0 Å². The van der Waals surface area contributed by atoms with Crippen LogP contribution in [0.5, 0.6) is 0 Å². The number of aromatic nitrogens is 1. The average Bonchev–Trinajstić information content (AvgIpc) is 2.89. The summed E-state index contributed by atoms with van der Waals surface area (Å²) in [6, 6.07) is 4.11. The molecule has 2 N–H and O–H groups in total. The summed E-state index contributed by atoms with van der Waals surface area (Å²) in [6.07, 6.45) is 7.35. The maximum atomic E-state index is 13.6. The van der Waals surface area contributed by atoms with Gasteiger partial charge in [0.15, 0.2) is 5.78 Å². The zero-order valence-electron chi connectivity index (χ0n) is 15.0. The summed E-state index contributed by atoms with van der Waals surface area (Å²) in [4.78, 5) is 20.1. The molecule has 132 valence electrons. The second kappa shape index (κ2) is 5.29. The third-order valence-corrected chi connectivity index (χ3v) is 8.05. The van der Waals surface area contributed by atoms with E-state index in [1.165, 1.54) is 30.6 Å². The fourth-order valence-electron chi connectivity index (χ4n) is 6.13. The molecule has 2 aromatic heterocycles. The first kappa shape index (κ1) is 15.8. The third-order valence-electron chi connectivity index (χ3n) is 6.93. The average molecular weight is 355 g/mol. The van der Waals surface area contributed by atoms with Crippen LogP contribution in [0.25, 0.3) is 10.2 Å². The molecule has 3 nitrogen and oxygen atoms in total. The second-order valence-electron chi connectivity index (χ2n) is 9.12. The molecule has 6 rings (SSSR count). The van der Waals surface area contributed by atoms with Crippen LogP contribution in [-0.2, 0) is 0 Å². The van der Waals surface area contributed by atoms with Crippen molar-refractivity contribution in [2.24, 2.45) is 23.2 Å². The zero-order valence-corrected chi connectivity index (χ0v) is 15.9. The van der Waals surface area contributed by atoms with E-state index in [-0.39, 0.29) is 5.41 Å². The van der Waals surface area contributed by atoms with E-state index < -0.39 is 0 Å². The SMILES string of the molecule is CC(C)c1ccc2c(N)c(C(=O)C34CC5CC(CC(C5)C3)C4)sc2n1. The minimum atomic E-state index is -0.120. The Balaban J connectivity index is 1.56. The number of nitrogens with two attached hydrogens (primary N) is 1. The first-order chi connectivity index (χ1) is 11.9. The summed E-state index contributed by atoms with van der Waals surface area (Å²) >= 11 is 1.53.